The Hall–Kier alpha value is -3.09. The fourth-order valence-corrected chi connectivity index (χ4v) is 2.31. The Morgan fingerprint density at radius 1 is 1.36 bits per heavy atom. The van der Waals surface area contributed by atoms with Gasteiger partial charge in [-0.1, -0.05) is 6.07 Å². The van der Waals surface area contributed by atoms with Crippen LogP contribution in [0.4, 0.5) is 5.69 Å². The lowest BCUT2D eigenvalue weighted by Crippen LogP contribution is -2.01. The number of ether oxygens (including phenoxy) is 1. The fourth-order valence-electron chi connectivity index (χ4n) is 2.31. The summed E-state index contributed by atoms with van der Waals surface area (Å²) in [5.74, 6) is -0.509. The topological polar surface area (TPSA) is 103 Å². The zero-order chi connectivity index (χ0) is 15.9. The fraction of sp³-hybridized carbons (Fsp3) is 0.133. The van der Waals surface area contributed by atoms with Gasteiger partial charge in [0.15, 0.2) is 5.65 Å². The smallest absolute Gasteiger partial charge is 0.336 e. The molecule has 2 heterocycles. The van der Waals surface area contributed by atoms with Gasteiger partial charge in [-0.25, -0.2) is 9.78 Å². The predicted octanol–water partition coefficient (Wildman–Crippen LogP) is 1.92. The van der Waals surface area contributed by atoms with Crippen LogP contribution in [0.2, 0.25) is 0 Å². The number of fused-ring (bicyclic) bond motifs is 1. The molecule has 3 aromatic rings. The summed E-state index contributed by atoms with van der Waals surface area (Å²) in [6.45, 7) is 0. The summed E-state index contributed by atoms with van der Waals surface area (Å²) >= 11 is 0. The molecule has 0 aliphatic carbocycles. The van der Waals surface area contributed by atoms with Crippen molar-refractivity contribution in [2.45, 2.75) is 0 Å². The van der Waals surface area contributed by atoms with E-state index in [9.17, 15) is 9.90 Å². The molecule has 0 spiro atoms. The van der Waals surface area contributed by atoms with Crippen LogP contribution in [-0.4, -0.2) is 33.0 Å². The summed E-state index contributed by atoms with van der Waals surface area (Å²) in [6.07, 6.45) is 1.50. The lowest BCUT2D eigenvalue weighted by Gasteiger charge is -2.08. The molecule has 0 bridgehead atoms. The molecule has 22 heavy (non-hydrogen) atoms. The third kappa shape index (κ3) is 2.12. The van der Waals surface area contributed by atoms with Gasteiger partial charge < -0.3 is 15.6 Å². The molecule has 0 saturated carbocycles. The van der Waals surface area contributed by atoms with Gasteiger partial charge in [0.1, 0.15) is 5.75 Å². The number of nitrogen functional groups attached to an aromatic ring is 1. The van der Waals surface area contributed by atoms with Crippen LogP contribution in [0.25, 0.3) is 22.3 Å². The van der Waals surface area contributed by atoms with Gasteiger partial charge in [-0.15, -0.1) is 0 Å². The predicted molar refractivity (Wildman–Crippen MR) is 81.9 cm³/mol. The second kappa shape index (κ2) is 5.03. The highest BCUT2D eigenvalue weighted by Crippen LogP contribution is 2.30. The number of hydrogen-bond acceptors (Lipinski definition) is 5. The minimum absolute atomic E-state index is 0.156. The van der Waals surface area contributed by atoms with Crippen molar-refractivity contribution in [1.82, 2.24) is 14.8 Å². The van der Waals surface area contributed by atoms with Gasteiger partial charge in [-0.3, -0.25) is 4.68 Å². The van der Waals surface area contributed by atoms with Crippen molar-refractivity contribution in [2.24, 2.45) is 7.05 Å². The number of aromatic carboxylic acids is 1. The van der Waals surface area contributed by atoms with Gasteiger partial charge >= 0.3 is 5.97 Å². The molecule has 3 rings (SSSR count). The SMILES string of the molecule is COc1cc(-c2cc(C(=O)O)c3cnn(C)c3n2)ccc1N. The Bertz CT molecular complexity index is 886. The van der Waals surface area contributed by atoms with Crippen molar-refractivity contribution < 1.29 is 14.6 Å². The van der Waals surface area contributed by atoms with Gasteiger partial charge in [-0.2, -0.15) is 5.10 Å². The van der Waals surface area contributed by atoms with Crippen LogP contribution in [0.15, 0.2) is 30.5 Å². The number of carboxylic acids is 1. The third-order valence-corrected chi connectivity index (χ3v) is 3.46. The molecule has 2 aromatic heterocycles. The average Bonchev–Trinajstić information content (AvgIpc) is 2.88. The van der Waals surface area contributed by atoms with E-state index in [4.69, 9.17) is 10.5 Å². The van der Waals surface area contributed by atoms with Crippen molar-refractivity contribution in [2.75, 3.05) is 12.8 Å². The second-order valence-corrected chi connectivity index (χ2v) is 4.82. The summed E-state index contributed by atoms with van der Waals surface area (Å²) in [6, 6.07) is 6.72. The molecule has 7 heteroatoms. The number of aromatic nitrogens is 3. The van der Waals surface area contributed by atoms with Crippen LogP contribution < -0.4 is 10.5 Å². The molecule has 0 atom stereocenters. The number of methoxy groups -OCH3 is 1. The van der Waals surface area contributed by atoms with Crippen molar-refractivity contribution in [3.8, 4) is 17.0 Å². The first-order valence-electron chi connectivity index (χ1n) is 6.51. The van der Waals surface area contributed by atoms with Crippen LogP contribution in [0, 0.1) is 0 Å². The molecule has 0 unspecified atom stereocenters. The monoisotopic (exact) mass is 298 g/mol. The molecule has 0 amide bonds. The molecule has 3 N–H and O–H groups in total. The van der Waals surface area contributed by atoms with Crippen molar-refractivity contribution in [1.29, 1.82) is 0 Å². The molecular formula is C15H14N4O3. The van der Waals surface area contributed by atoms with Gasteiger partial charge in [0.25, 0.3) is 0 Å². The van der Waals surface area contributed by atoms with E-state index in [1.54, 1.807) is 29.9 Å². The molecule has 0 aliphatic heterocycles. The van der Waals surface area contributed by atoms with E-state index < -0.39 is 5.97 Å². The number of aryl methyl sites for hydroxylation is 1. The van der Waals surface area contributed by atoms with Crippen LogP contribution >= 0.6 is 0 Å². The van der Waals surface area contributed by atoms with Gasteiger partial charge in [0, 0.05) is 12.6 Å². The van der Waals surface area contributed by atoms with Crippen molar-refractivity contribution in [3.63, 3.8) is 0 Å². The molecule has 112 valence electrons. The normalized spacial score (nSPS) is 10.8. The highest BCUT2D eigenvalue weighted by molar-refractivity contribution is 6.02. The second-order valence-electron chi connectivity index (χ2n) is 4.82. The number of benzene rings is 1. The highest BCUT2D eigenvalue weighted by atomic mass is 16.5. The van der Waals surface area contributed by atoms with E-state index in [0.29, 0.717) is 28.2 Å². The minimum atomic E-state index is -1.02. The van der Waals surface area contributed by atoms with Gasteiger partial charge in [0.05, 0.1) is 35.6 Å². The van der Waals surface area contributed by atoms with Crippen molar-refractivity contribution >= 4 is 22.7 Å². The number of pyridine rings is 1. The van der Waals surface area contributed by atoms with E-state index in [-0.39, 0.29) is 5.56 Å². The number of hydrogen-bond donors (Lipinski definition) is 2. The molecule has 7 nitrogen and oxygen atoms in total. The Balaban J connectivity index is 2.27. The first-order chi connectivity index (χ1) is 10.5. The maximum Gasteiger partial charge on any atom is 0.336 e. The first kappa shape index (κ1) is 13.9. The summed E-state index contributed by atoms with van der Waals surface area (Å²) < 4.78 is 6.74. The molecular weight excluding hydrogens is 284 g/mol. The Morgan fingerprint density at radius 3 is 2.82 bits per heavy atom. The Labute approximate surface area is 126 Å². The molecule has 0 radical (unpaired) electrons. The Kier molecular flexibility index (Phi) is 3.17. The first-order valence-corrected chi connectivity index (χ1v) is 6.51. The zero-order valence-corrected chi connectivity index (χ0v) is 12.1. The minimum Gasteiger partial charge on any atom is -0.495 e. The highest BCUT2D eigenvalue weighted by Gasteiger charge is 2.16. The number of rotatable bonds is 3. The molecule has 1 aromatic carbocycles. The Morgan fingerprint density at radius 2 is 2.14 bits per heavy atom. The summed E-state index contributed by atoms with van der Waals surface area (Å²) in [5.41, 5.74) is 8.21. The van der Waals surface area contributed by atoms with Crippen LogP contribution in [0.3, 0.4) is 0 Å². The lowest BCUT2D eigenvalue weighted by molar-refractivity contribution is 0.0699. The van der Waals surface area contributed by atoms with E-state index >= 15 is 0 Å². The van der Waals surface area contributed by atoms with Crippen LogP contribution in [0.5, 0.6) is 5.75 Å². The van der Waals surface area contributed by atoms with Gasteiger partial charge in [-0.05, 0) is 18.2 Å². The molecule has 0 saturated heterocycles. The van der Waals surface area contributed by atoms with E-state index in [1.165, 1.54) is 19.4 Å². The van der Waals surface area contributed by atoms with Crippen molar-refractivity contribution in [3.05, 3.63) is 36.0 Å². The quantitative estimate of drug-likeness (QED) is 0.716. The van der Waals surface area contributed by atoms with E-state index in [0.717, 1.165) is 5.56 Å². The zero-order valence-electron chi connectivity index (χ0n) is 12.1. The van der Waals surface area contributed by atoms with E-state index in [1.807, 2.05) is 0 Å². The average molecular weight is 298 g/mol. The number of anilines is 1. The number of nitrogens with two attached hydrogens (primary N) is 1. The third-order valence-electron chi connectivity index (χ3n) is 3.46. The van der Waals surface area contributed by atoms with Gasteiger partial charge in [0.2, 0.25) is 0 Å². The molecule has 0 fully saturated rings. The van der Waals surface area contributed by atoms with Crippen LogP contribution in [0.1, 0.15) is 10.4 Å². The lowest BCUT2D eigenvalue weighted by atomic mass is 10.1. The summed E-state index contributed by atoms with van der Waals surface area (Å²) in [7, 11) is 3.24. The standard InChI is InChI=1S/C15H14N4O3/c1-19-14-10(7-17-19)9(15(20)21)6-12(18-14)8-3-4-11(16)13(5-8)22-2/h3-7H,16H2,1-2H3,(H,20,21). The van der Waals surface area contributed by atoms with Crippen LogP contribution in [-0.2, 0) is 7.05 Å². The maximum absolute atomic E-state index is 11.5. The largest absolute Gasteiger partial charge is 0.495 e. The summed E-state index contributed by atoms with van der Waals surface area (Å²) in [5, 5.41) is 14.0. The molecule has 0 aliphatic rings. The van der Waals surface area contributed by atoms with E-state index in [2.05, 4.69) is 10.1 Å². The number of nitrogens with zero attached hydrogens (tertiary/aromatic N) is 3. The number of carboxylic acid groups (broad SMARTS) is 1. The maximum atomic E-state index is 11.5. The number of carbonyl (C=O) groups is 1. The summed E-state index contributed by atoms with van der Waals surface area (Å²) in [4.78, 5) is 16.0.